The second-order valence-corrected chi connectivity index (χ2v) is 11.0. The summed E-state index contributed by atoms with van der Waals surface area (Å²) in [7, 11) is -4.12. The number of hydrogen-bond acceptors (Lipinski definition) is 8. The molecule has 3 aromatic carbocycles. The Morgan fingerprint density at radius 3 is 2.03 bits per heavy atom. The minimum atomic E-state index is -4.12. The number of amides is 1. The summed E-state index contributed by atoms with van der Waals surface area (Å²) < 4.78 is 49.1. The van der Waals surface area contributed by atoms with Crippen molar-refractivity contribution in [3.05, 3.63) is 102 Å². The Labute approximate surface area is 228 Å². The first-order valence-electron chi connectivity index (χ1n) is 12.6. The number of aryl methyl sites for hydroxylation is 1. The number of nitrogens with one attached hydrogen (secondary N) is 1. The molecular weight excluding hydrogens is 522 g/mol. The van der Waals surface area contributed by atoms with E-state index in [0.717, 1.165) is 16.7 Å². The van der Waals surface area contributed by atoms with Gasteiger partial charge in [0, 0.05) is 6.92 Å². The molecule has 1 aliphatic heterocycles. The Bertz CT molecular complexity index is 1300. The molecule has 0 spiro atoms. The van der Waals surface area contributed by atoms with Gasteiger partial charge in [-0.3, -0.25) is 8.98 Å². The molecule has 3 aromatic rings. The van der Waals surface area contributed by atoms with Gasteiger partial charge in [-0.2, -0.15) is 8.42 Å². The molecule has 0 bridgehead atoms. The van der Waals surface area contributed by atoms with Crippen molar-refractivity contribution in [1.29, 1.82) is 0 Å². The zero-order chi connectivity index (χ0) is 27.8. The highest BCUT2D eigenvalue weighted by molar-refractivity contribution is 7.86. The predicted octanol–water partition coefficient (Wildman–Crippen LogP) is 3.09. The van der Waals surface area contributed by atoms with Gasteiger partial charge in [-0.25, -0.2) is 0 Å². The van der Waals surface area contributed by atoms with Crippen molar-refractivity contribution in [3.8, 4) is 0 Å². The molecule has 1 saturated heterocycles. The van der Waals surface area contributed by atoms with Crippen LogP contribution in [0.2, 0.25) is 0 Å². The molecule has 0 saturated carbocycles. The molecule has 0 aromatic heterocycles. The minimum Gasteiger partial charge on any atom is -0.388 e. The zero-order valence-electron chi connectivity index (χ0n) is 21.8. The molecule has 9 nitrogen and oxygen atoms in total. The summed E-state index contributed by atoms with van der Waals surface area (Å²) in [5.41, 5.74) is 2.63. The smallest absolute Gasteiger partial charge is 0.297 e. The van der Waals surface area contributed by atoms with Gasteiger partial charge >= 0.3 is 0 Å². The monoisotopic (exact) mass is 555 g/mol. The van der Waals surface area contributed by atoms with Crippen LogP contribution >= 0.6 is 0 Å². The van der Waals surface area contributed by atoms with Crippen molar-refractivity contribution < 1.29 is 36.7 Å². The van der Waals surface area contributed by atoms with E-state index in [-0.39, 0.29) is 24.0 Å². The fourth-order valence-electron chi connectivity index (χ4n) is 4.23. The highest BCUT2D eigenvalue weighted by Crippen LogP contribution is 2.27. The highest BCUT2D eigenvalue weighted by atomic mass is 32.2. The van der Waals surface area contributed by atoms with Gasteiger partial charge < -0.3 is 24.6 Å². The third-order valence-electron chi connectivity index (χ3n) is 6.28. The van der Waals surface area contributed by atoms with Crippen LogP contribution in [-0.2, 0) is 46.5 Å². The summed E-state index contributed by atoms with van der Waals surface area (Å²) in [6, 6.07) is 24.1. The third kappa shape index (κ3) is 7.95. The quantitative estimate of drug-likeness (QED) is 0.347. The summed E-state index contributed by atoms with van der Waals surface area (Å²) >= 11 is 0. The average molecular weight is 556 g/mol. The van der Waals surface area contributed by atoms with E-state index in [1.165, 1.54) is 19.1 Å². The van der Waals surface area contributed by atoms with Crippen LogP contribution in [0.5, 0.6) is 0 Å². The molecule has 1 fully saturated rings. The molecule has 1 heterocycles. The number of carbonyl (C=O) groups excluding carboxylic acids is 1. The van der Waals surface area contributed by atoms with Gasteiger partial charge in [0.15, 0.2) is 6.29 Å². The fraction of sp³-hybridized carbons (Fsp3) is 0.345. The molecule has 1 amide bonds. The second kappa shape index (κ2) is 13.3. The van der Waals surface area contributed by atoms with Gasteiger partial charge in [-0.15, -0.1) is 0 Å². The normalized spacial score (nSPS) is 23.3. The molecule has 208 valence electrons. The van der Waals surface area contributed by atoms with E-state index in [1.807, 2.05) is 67.6 Å². The Hall–Kier alpha value is -3.12. The lowest BCUT2D eigenvalue weighted by atomic mass is 9.96. The Morgan fingerprint density at radius 1 is 0.897 bits per heavy atom. The summed E-state index contributed by atoms with van der Waals surface area (Å²) in [4.78, 5) is 12.1. The molecule has 4 rings (SSSR count). The summed E-state index contributed by atoms with van der Waals surface area (Å²) in [5.74, 6) is -0.367. The number of hydrogen-bond donors (Lipinski definition) is 2. The van der Waals surface area contributed by atoms with Crippen molar-refractivity contribution in [2.24, 2.45) is 0 Å². The maximum atomic E-state index is 12.8. The lowest BCUT2D eigenvalue weighted by molar-refractivity contribution is -0.280. The van der Waals surface area contributed by atoms with Crippen molar-refractivity contribution in [1.82, 2.24) is 5.32 Å². The van der Waals surface area contributed by atoms with Crippen molar-refractivity contribution >= 4 is 16.0 Å². The number of carbonyl (C=O) groups is 1. The highest BCUT2D eigenvalue weighted by Gasteiger charge is 2.47. The standard InChI is InChI=1S/C29H33NO8S/c1-20-13-15-24(16-14-20)39(33,34)37-19-25-27(32)28(35-17-22-9-5-3-6-10-22)26(30-21(2)31)29(38-25)36-18-23-11-7-4-8-12-23/h3-16,25-29,32H,17-19H2,1-2H3,(H,30,31). The number of benzene rings is 3. The first-order valence-corrected chi connectivity index (χ1v) is 14.0. The van der Waals surface area contributed by atoms with Gasteiger partial charge in [0.2, 0.25) is 5.91 Å². The Morgan fingerprint density at radius 2 is 1.46 bits per heavy atom. The van der Waals surface area contributed by atoms with Gasteiger partial charge in [0.1, 0.15) is 24.4 Å². The van der Waals surface area contributed by atoms with E-state index in [9.17, 15) is 18.3 Å². The summed E-state index contributed by atoms with van der Waals surface area (Å²) in [6.07, 6.45) is -4.51. The van der Waals surface area contributed by atoms with Gasteiger partial charge in [0.05, 0.1) is 24.7 Å². The van der Waals surface area contributed by atoms with E-state index < -0.39 is 47.4 Å². The van der Waals surface area contributed by atoms with E-state index >= 15 is 0 Å². The SMILES string of the molecule is CC(=O)NC1C(OCc2ccccc2)OC(COS(=O)(=O)c2ccc(C)cc2)C(O)C1OCc1ccccc1. The average Bonchev–Trinajstić information content (AvgIpc) is 2.93. The van der Waals surface area contributed by atoms with E-state index in [1.54, 1.807) is 12.1 Å². The zero-order valence-corrected chi connectivity index (χ0v) is 22.6. The molecule has 0 radical (unpaired) electrons. The van der Waals surface area contributed by atoms with Gasteiger partial charge in [-0.1, -0.05) is 78.4 Å². The fourth-order valence-corrected chi connectivity index (χ4v) is 5.15. The second-order valence-electron chi connectivity index (χ2n) is 9.37. The predicted molar refractivity (Wildman–Crippen MR) is 143 cm³/mol. The lowest BCUT2D eigenvalue weighted by Gasteiger charge is -2.44. The van der Waals surface area contributed by atoms with Crippen molar-refractivity contribution in [2.75, 3.05) is 6.61 Å². The molecule has 2 N–H and O–H groups in total. The maximum Gasteiger partial charge on any atom is 0.297 e. The Kier molecular flexibility index (Phi) is 9.84. The molecular formula is C29H33NO8S. The van der Waals surface area contributed by atoms with Gasteiger partial charge in [0.25, 0.3) is 10.1 Å². The van der Waals surface area contributed by atoms with Crippen LogP contribution in [0, 0.1) is 6.92 Å². The first-order chi connectivity index (χ1) is 18.7. The number of aliphatic hydroxyl groups excluding tert-OH is 1. The molecule has 5 unspecified atom stereocenters. The lowest BCUT2D eigenvalue weighted by Crippen LogP contribution is -2.65. The Balaban J connectivity index is 1.55. The van der Waals surface area contributed by atoms with E-state index in [4.69, 9.17) is 18.4 Å². The van der Waals surface area contributed by atoms with Crippen molar-refractivity contribution in [2.45, 2.75) is 62.6 Å². The molecule has 10 heteroatoms. The minimum absolute atomic E-state index is 0.0109. The van der Waals surface area contributed by atoms with Gasteiger partial charge in [-0.05, 0) is 30.2 Å². The number of aliphatic hydroxyl groups is 1. The summed E-state index contributed by atoms with van der Waals surface area (Å²) in [5, 5.41) is 14.0. The molecule has 1 aliphatic rings. The van der Waals surface area contributed by atoms with Crippen LogP contribution in [0.1, 0.15) is 23.6 Å². The van der Waals surface area contributed by atoms with E-state index in [2.05, 4.69) is 5.32 Å². The van der Waals surface area contributed by atoms with E-state index in [0.29, 0.717) is 0 Å². The molecule has 39 heavy (non-hydrogen) atoms. The molecule has 5 atom stereocenters. The summed E-state index contributed by atoms with van der Waals surface area (Å²) in [6.45, 7) is 3.00. The van der Waals surface area contributed by atoms with Crippen LogP contribution in [-0.4, -0.2) is 56.7 Å². The molecule has 0 aliphatic carbocycles. The maximum absolute atomic E-state index is 12.8. The van der Waals surface area contributed by atoms with Crippen LogP contribution in [0.4, 0.5) is 0 Å². The van der Waals surface area contributed by atoms with Crippen LogP contribution in [0.15, 0.2) is 89.8 Å². The van der Waals surface area contributed by atoms with Crippen LogP contribution in [0.3, 0.4) is 0 Å². The largest absolute Gasteiger partial charge is 0.388 e. The topological polar surface area (TPSA) is 120 Å². The number of rotatable bonds is 11. The van der Waals surface area contributed by atoms with Crippen LogP contribution in [0.25, 0.3) is 0 Å². The first kappa shape index (κ1) is 28.9. The number of ether oxygens (including phenoxy) is 3. The van der Waals surface area contributed by atoms with Crippen molar-refractivity contribution in [3.63, 3.8) is 0 Å². The third-order valence-corrected chi connectivity index (χ3v) is 7.58. The van der Waals surface area contributed by atoms with Crippen LogP contribution < -0.4 is 5.32 Å².